The molecule has 3 aromatic carbocycles. The van der Waals surface area contributed by atoms with E-state index in [2.05, 4.69) is 16.4 Å². The molecule has 7 nitrogen and oxygen atoms in total. The molecule has 150 valence electrons. The Morgan fingerprint density at radius 3 is 2.83 bits per heavy atom. The zero-order valence-electron chi connectivity index (χ0n) is 16.0. The number of carbonyl (C=O) groups is 1. The predicted octanol–water partition coefficient (Wildman–Crippen LogP) is 1.97. The highest BCUT2D eigenvalue weighted by atomic mass is 32.1. The molecule has 0 spiro atoms. The Hall–Kier alpha value is -3.52. The Bertz CT molecular complexity index is 1370. The zero-order chi connectivity index (χ0) is 20.8. The fourth-order valence-corrected chi connectivity index (χ4v) is 4.62. The van der Waals surface area contributed by atoms with Crippen molar-refractivity contribution in [3.05, 3.63) is 84.6 Å². The van der Waals surface area contributed by atoms with Gasteiger partial charge >= 0.3 is 0 Å². The van der Waals surface area contributed by atoms with E-state index in [1.54, 1.807) is 11.6 Å². The molecule has 5 rings (SSSR count). The van der Waals surface area contributed by atoms with Crippen LogP contribution in [0.2, 0.25) is 0 Å². The summed E-state index contributed by atoms with van der Waals surface area (Å²) in [4.78, 5) is 41.9. The van der Waals surface area contributed by atoms with Gasteiger partial charge in [0.2, 0.25) is 0 Å². The molecule has 0 unspecified atom stereocenters. The lowest BCUT2D eigenvalue weighted by Gasteiger charge is -2.32. The van der Waals surface area contributed by atoms with E-state index in [0.29, 0.717) is 30.9 Å². The largest absolute Gasteiger partial charge is 0.394 e. The molecule has 0 saturated heterocycles. The molecule has 2 heterocycles. The van der Waals surface area contributed by atoms with E-state index in [1.807, 2.05) is 29.2 Å². The average molecular weight is 418 g/mol. The highest BCUT2D eigenvalue weighted by Gasteiger charge is 2.26. The summed E-state index contributed by atoms with van der Waals surface area (Å²) < 4.78 is 0.981. The maximum absolute atomic E-state index is 12.5. The van der Waals surface area contributed by atoms with E-state index in [0.717, 1.165) is 27.8 Å². The minimum Gasteiger partial charge on any atom is -0.394 e. The van der Waals surface area contributed by atoms with Crippen LogP contribution in [-0.4, -0.2) is 17.4 Å². The van der Waals surface area contributed by atoms with Gasteiger partial charge < -0.3 is 16.0 Å². The minimum atomic E-state index is -0.594. The Labute approximate surface area is 175 Å². The molecule has 0 saturated carbocycles. The maximum Gasteiger partial charge on any atom is 0.253 e. The van der Waals surface area contributed by atoms with Crippen LogP contribution < -0.4 is 26.8 Å². The van der Waals surface area contributed by atoms with Gasteiger partial charge in [0.25, 0.3) is 16.8 Å². The first-order chi connectivity index (χ1) is 14.5. The molecular formula is C22H18N4O3S. The molecule has 1 aromatic heterocycles. The molecule has 0 aliphatic carbocycles. The number of nitrogen functional groups attached to an aromatic ring is 1. The number of amides is 1. The Morgan fingerprint density at radius 1 is 1.13 bits per heavy atom. The van der Waals surface area contributed by atoms with Crippen molar-refractivity contribution in [3.8, 4) is 0 Å². The number of hydrogen-bond acceptors (Lipinski definition) is 7. The van der Waals surface area contributed by atoms with Crippen molar-refractivity contribution in [2.75, 3.05) is 17.2 Å². The molecule has 8 heteroatoms. The summed E-state index contributed by atoms with van der Waals surface area (Å²) in [6.45, 7) is 1.57. The predicted molar refractivity (Wildman–Crippen MR) is 118 cm³/mol. The van der Waals surface area contributed by atoms with Crippen LogP contribution in [0.4, 0.5) is 11.4 Å². The Morgan fingerprint density at radius 2 is 2.00 bits per heavy atom. The van der Waals surface area contributed by atoms with E-state index in [4.69, 9.17) is 5.73 Å². The van der Waals surface area contributed by atoms with E-state index in [9.17, 15) is 14.4 Å². The first-order valence-electron chi connectivity index (χ1n) is 9.57. The molecule has 3 N–H and O–H groups in total. The normalized spacial score (nSPS) is 13.5. The van der Waals surface area contributed by atoms with Gasteiger partial charge in [0.1, 0.15) is 11.4 Å². The SMILES string of the molecule is Nc1c(N2CCc3ccc(CNC(=O)c4ccc5ncsc5c4)cc3C2)c(=O)c1=O. The summed E-state index contributed by atoms with van der Waals surface area (Å²) in [6.07, 6.45) is 0.773. The van der Waals surface area contributed by atoms with Crippen molar-refractivity contribution >= 4 is 38.8 Å². The zero-order valence-corrected chi connectivity index (χ0v) is 16.8. The number of nitrogens with zero attached hydrogens (tertiary/aromatic N) is 2. The third-order valence-corrected chi connectivity index (χ3v) is 6.36. The fraction of sp³-hybridized carbons (Fsp3) is 0.182. The van der Waals surface area contributed by atoms with Crippen molar-refractivity contribution in [1.82, 2.24) is 10.3 Å². The lowest BCUT2D eigenvalue weighted by molar-refractivity contribution is 0.0951. The quantitative estimate of drug-likeness (QED) is 0.491. The van der Waals surface area contributed by atoms with Gasteiger partial charge in [0.05, 0.1) is 15.7 Å². The van der Waals surface area contributed by atoms with Crippen LogP contribution in [0.3, 0.4) is 0 Å². The van der Waals surface area contributed by atoms with Crippen molar-refractivity contribution in [2.24, 2.45) is 0 Å². The Balaban J connectivity index is 1.30. The second kappa shape index (κ2) is 7.07. The van der Waals surface area contributed by atoms with Crippen molar-refractivity contribution in [1.29, 1.82) is 0 Å². The molecule has 1 amide bonds. The van der Waals surface area contributed by atoms with E-state index < -0.39 is 10.9 Å². The maximum atomic E-state index is 12.5. The number of fused-ring (bicyclic) bond motifs is 2. The van der Waals surface area contributed by atoms with Crippen LogP contribution in [0.25, 0.3) is 10.2 Å². The van der Waals surface area contributed by atoms with Gasteiger partial charge in [0.15, 0.2) is 0 Å². The number of carbonyl (C=O) groups excluding carboxylic acids is 1. The van der Waals surface area contributed by atoms with Crippen molar-refractivity contribution in [2.45, 2.75) is 19.5 Å². The molecule has 0 fully saturated rings. The number of rotatable bonds is 4. The molecular weight excluding hydrogens is 400 g/mol. The monoisotopic (exact) mass is 418 g/mol. The smallest absolute Gasteiger partial charge is 0.253 e. The van der Waals surface area contributed by atoms with Gasteiger partial charge in [-0.05, 0) is 41.3 Å². The molecule has 1 aliphatic rings. The Kier molecular flexibility index (Phi) is 4.36. The van der Waals surface area contributed by atoms with E-state index >= 15 is 0 Å². The molecule has 0 radical (unpaired) electrons. The number of anilines is 2. The van der Waals surface area contributed by atoms with Gasteiger partial charge in [-0.15, -0.1) is 11.3 Å². The molecule has 1 aliphatic heterocycles. The number of nitrogens with one attached hydrogen (secondary N) is 1. The van der Waals surface area contributed by atoms with Gasteiger partial charge in [-0.3, -0.25) is 14.4 Å². The van der Waals surface area contributed by atoms with Gasteiger partial charge in [-0.2, -0.15) is 0 Å². The lowest BCUT2D eigenvalue weighted by Crippen LogP contribution is -2.44. The fourth-order valence-electron chi connectivity index (χ4n) is 3.90. The van der Waals surface area contributed by atoms with Crippen LogP contribution in [-0.2, 0) is 19.5 Å². The van der Waals surface area contributed by atoms with Crippen molar-refractivity contribution < 1.29 is 4.79 Å². The van der Waals surface area contributed by atoms with Gasteiger partial charge in [-0.25, -0.2) is 4.98 Å². The lowest BCUT2D eigenvalue weighted by atomic mass is 9.96. The highest BCUT2D eigenvalue weighted by Crippen LogP contribution is 2.26. The van der Waals surface area contributed by atoms with Crippen LogP contribution in [0.1, 0.15) is 27.0 Å². The summed E-state index contributed by atoms with van der Waals surface area (Å²) in [5.41, 5.74) is 11.5. The summed E-state index contributed by atoms with van der Waals surface area (Å²) in [6, 6.07) is 11.6. The van der Waals surface area contributed by atoms with Crippen LogP contribution >= 0.6 is 11.3 Å². The third kappa shape index (κ3) is 3.05. The molecule has 4 aromatic rings. The first kappa shape index (κ1) is 18.5. The summed E-state index contributed by atoms with van der Waals surface area (Å²) in [5, 5.41) is 2.96. The molecule has 0 bridgehead atoms. The van der Waals surface area contributed by atoms with Crippen LogP contribution in [0, 0.1) is 0 Å². The van der Waals surface area contributed by atoms with Gasteiger partial charge in [0, 0.05) is 25.2 Å². The van der Waals surface area contributed by atoms with Gasteiger partial charge in [-0.1, -0.05) is 18.2 Å². The number of benzene rings is 2. The second-order valence-corrected chi connectivity index (χ2v) is 8.30. The summed E-state index contributed by atoms with van der Waals surface area (Å²) >= 11 is 1.50. The number of aromatic nitrogens is 1. The van der Waals surface area contributed by atoms with E-state index in [1.165, 1.54) is 16.9 Å². The topological polar surface area (TPSA) is 105 Å². The molecule has 0 atom stereocenters. The van der Waals surface area contributed by atoms with E-state index in [-0.39, 0.29) is 11.6 Å². The number of hydrogen-bond donors (Lipinski definition) is 2. The minimum absolute atomic E-state index is 0.0600. The summed E-state index contributed by atoms with van der Waals surface area (Å²) in [5.74, 6) is -0.138. The second-order valence-electron chi connectivity index (χ2n) is 7.41. The highest BCUT2D eigenvalue weighted by molar-refractivity contribution is 7.16. The third-order valence-electron chi connectivity index (χ3n) is 5.57. The number of nitrogens with two attached hydrogens (primary N) is 1. The number of thiazole rings is 1. The average Bonchev–Trinajstić information content (AvgIpc) is 3.25. The van der Waals surface area contributed by atoms with Crippen molar-refractivity contribution in [3.63, 3.8) is 0 Å². The van der Waals surface area contributed by atoms with Crippen LogP contribution in [0.5, 0.6) is 0 Å². The summed E-state index contributed by atoms with van der Waals surface area (Å²) in [7, 11) is 0. The standard InChI is InChI=1S/C22H18N4O3S/c23-18-19(21(28)20(18)27)26-6-5-13-2-1-12(7-15(13)10-26)9-24-22(29)14-3-4-16-17(8-14)30-11-25-16/h1-4,7-8,11H,5-6,9-10,23H2,(H,24,29). The van der Waals surface area contributed by atoms with Crippen LogP contribution in [0.15, 0.2) is 51.5 Å². The first-order valence-corrected chi connectivity index (χ1v) is 10.4. The molecule has 30 heavy (non-hydrogen) atoms.